The first-order valence-electron chi connectivity index (χ1n) is 19.8. The number of hydrogen-bond donors (Lipinski definition) is 2. The van der Waals surface area contributed by atoms with Gasteiger partial charge in [-0.05, 0) is 105 Å². The average Bonchev–Trinajstić information content (AvgIpc) is 3.05. The third-order valence-corrected chi connectivity index (χ3v) is 11.4. The predicted molar refractivity (Wildman–Crippen MR) is 211 cm³/mol. The number of unbranched alkanes of at least 4 members (excludes halogenated alkanes) is 16. The molecule has 1 atom stereocenters. The molecule has 1 unspecified atom stereocenters. The summed E-state index contributed by atoms with van der Waals surface area (Å²) in [6.07, 6.45) is 38.9. The number of nitrogens with zero attached hydrogens (tertiary/aromatic N) is 1. The Morgan fingerprint density at radius 3 is 1.62 bits per heavy atom. The van der Waals surface area contributed by atoms with Crippen molar-refractivity contribution in [3.05, 3.63) is 36.6 Å². The molecule has 0 aliphatic carbocycles. The van der Waals surface area contributed by atoms with Gasteiger partial charge in [-0.2, -0.15) is 0 Å². The van der Waals surface area contributed by atoms with Crippen molar-refractivity contribution in [2.24, 2.45) is 0 Å². The molecule has 274 valence electrons. The molecule has 0 saturated carbocycles. The zero-order valence-corrected chi connectivity index (χ0v) is 32.6. The van der Waals surface area contributed by atoms with Gasteiger partial charge in [0.15, 0.2) is 5.52 Å². The molecule has 47 heavy (non-hydrogen) atoms. The van der Waals surface area contributed by atoms with Crippen LogP contribution < -0.4 is 10.6 Å². The third-order valence-electron chi connectivity index (χ3n) is 8.76. The molecule has 2 N–H and O–H groups in total. The lowest BCUT2D eigenvalue weighted by molar-refractivity contribution is -0.121. The quantitative estimate of drug-likeness (QED) is 0.0394. The molecule has 0 heterocycles. The summed E-state index contributed by atoms with van der Waals surface area (Å²) >= 11 is 0. The summed E-state index contributed by atoms with van der Waals surface area (Å²) in [7, 11) is 3.66. The minimum Gasteiger partial charge on any atom is -0.385 e. The number of nitrogens with one attached hydrogen (secondary N) is 2. The molecule has 0 aliphatic rings. The van der Waals surface area contributed by atoms with E-state index in [1.807, 2.05) is 0 Å². The topological polar surface area (TPSA) is 61.4 Å². The molecule has 0 aromatic rings. The molecular weight excluding hydrogens is 597 g/mol. The lowest BCUT2D eigenvalue weighted by Gasteiger charge is -2.17. The summed E-state index contributed by atoms with van der Waals surface area (Å²) < 4.78 is 0. The first-order valence-corrected chi connectivity index (χ1v) is 21.5. The fourth-order valence-corrected chi connectivity index (χ4v) is 8.10. The van der Waals surface area contributed by atoms with Crippen LogP contribution in [0.25, 0.3) is 0 Å². The smallest absolute Gasteiger partial charge is 0.220 e. The van der Waals surface area contributed by atoms with Crippen LogP contribution in [0.4, 0.5) is 0 Å². The monoisotopic (exact) mass is 676 g/mol. The molecule has 0 fully saturated rings. The van der Waals surface area contributed by atoms with Crippen LogP contribution in [0.1, 0.15) is 168 Å². The molecule has 0 rings (SSSR count). The maximum atomic E-state index is 13.1. The molecule has 0 saturated heterocycles. The molecule has 0 aromatic heterocycles. The number of carbonyl (C=O) groups is 2. The number of amides is 1. The molecule has 1 amide bonds. The molecule has 0 radical (unpaired) electrons. The fraction of sp³-hybridized carbons (Fsp3) is 0.805. The van der Waals surface area contributed by atoms with Crippen molar-refractivity contribution >= 4 is 19.4 Å². The second kappa shape index (κ2) is 35.8. The summed E-state index contributed by atoms with van der Waals surface area (Å²) in [4.78, 5) is 27.4. The Hall–Kier alpha value is -1.45. The normalized spacial score (nSPS) is 12.4. The Morgan fingerprint density at radius 2 is 1.06 bits per heavy atom. The van der Waals surface area contributed by atoms with Gasteiger partial charge in [0.05, 0.1) is 0 Å². The van der Waals surface area contributed by atoms with Gasteiger partial charge in [-0.1, -0.05) is 122 Å². The number of hydrogen-bond acceptors (Lipinski definition) is 4. The largest absolute Gasteiger partial charge is 0.385 e. The molecule has 0 bridgehead atoms. The van der Waals surface area contributed by atoms with Crippen molar-refractivity contribution in [3.63, 3.8) is 0 Å². The Balaban J connectivity index is 4.07. The van der Waals surface area contributed by atoms with E-state index in [1.54, 1.807) is 0 Å². The van der Waals surface area contributed by atoms with Crippen LogP contribution in [0.15, 0.2) is 36.6 Å². The summed E-state index contributed by atoms with van der Waals surface area (Å²) in [5.74, 6) is 0.172. The fourth-order valence-electron chi connectivity index (χ4n) is 5.69. The van der Waals surface area contributed by atoms with Crippen molar-refractivity contribution in [1.82, 2.24) is 15.5 Å². The lowest BCUT2D eigenvalue weighted by atomic mass is 10.1. The Bertz CT molecular complexity index is 744. The third kappa shape index (κ3) is 34.2. The summed E-state index contributed by atoms with van der Waals surface area (Å²) in [5.41, 5.74) is 1.71. The van der Waals surface area contributed by atoms with E-state index in [-0.39, 0.29) is 5.91 Å². The molecule has 5 nitrogen and oxygen atoms in total. The van der Waals surface area contributed by atoms with E-state index >= 15 is 0 Å². The Kier molecular flexibility index (Phi) is 34.7. The summed E-state index contributed by atoms with van der Waals surface area (Å²) in [6, 6.07) is 0. The molecule has 0 aliphatic heterocycles. The van der Waals surface area contributed by atoms with Crippen molar-refractivity contribution < 1.29 is 9.59 Å². The van der Waals surface area contributed by atoms with E-state index in [0.29, 0.717) is 18.5 Å². The van der Waals surface area contributed by atoms with Gasteiger partial charge >= 0.3 is 0 Å². The van der Waals surface area contributed by atoms with E-state index in [1.165, 1.54) is 103 Å². The molecule has 6 heteroatoms. The van der Waals surface area contributed by atoms with Gasteiger partial charge in [0.2, 0.25) is 5.91 Å². The highest BCUT2D eigenvalue weighted by molar-refractivity contribution is 7.74. The minimum atomic E-state index is -0.511. The molecule has 0 aromatic carbocycles. The van der Waals surface area contributed by atoms with Crippen LogP contribution in [0, 0.1) is 0 Å². The highest BCUT2D eigenvalue weighted by atomic mass is 31.1. The van der Waals surface area contributed by atoms with Crippen LogP contribution in [0.2, 0.25) is 0 Å². The van der Waals surface area contributed by atoms with Crippen LogP contribution in [0.3, 0.4) is 0 Å². The summed E-state index contributed by atoms with van der Waals surface area (Å²) in [6.45, 7) is 11.2. The van der Waals surface area contributed by atoms with E-state index in [0.717, 1.165) is 76.1 Å². The standard InChI is InChI=1S/C41H78N3O2P/c1-6-8-10-12-14-20-26-34-42-39(3)31-24-18-16-22-28-37-47(41(46)33-30-36-44(4)5)38-29-23-17-19-25-32-40(45)43-35-27-21-15-13-11-9-7-2/h20-21,26-27,42H,3,6-19,22-25,28-38H2,1-2,4-5H3,(H,43,45)/b26-20-,27-21-. The first kappa shape index (κ1) is 45.6. The first-order chi connectivity index (χ1) is 22.9. The van der Waals surface area contributed by atoms with Crippen molar-refractivity contribution in [2.75, 3.05) is 46.1 Å². The lowest BCUT2D eigenvalue weighted by Crippen LogP contribution is -2.22. The van der Waals surface area contributed by atoms with Crippen LogP contribution >= 0.6 is 7.92 Å². The van der Waals surface area contributed by atoms with Gasteiger partial charge < -0.3 is 15.5 Å². The van der Waals surface area contributed by atoms with Crippen LogP contribution in [-0.2, 0) is 9.59 Å². The second-order valence-electron chi connectivity index (χ2n) is 13.8. The zero-order chi connectivity index (χ0) is 34.6. The van der Waals surface area contributed by atoms with Gasteiger partial charge in [0.25, 0.3) is 0 Å². The van der Waals surface area contributed by atoms with E-state index in [4.69, 9.17) is 0 Å². The Labute approximate surface area is 294 Å². The van der Waals surface area contributed by atoms with Crippen LogP contribution in [-0.4, -0.2) is 62.4 Å². The minimum absolute atomic E-state index is 0.172. The van der Waals surface area contributed by atoms with E-state index in [2.05, 4.69) is 74.4 Å². The van der Waals surface area contributed by atoms with Gasteiger partial charge in [-0.25, -0.2) is 0 Å². The van der Waals surface area contributed by atoms with Crippen molar-refractivity contribution in [3.8, 4) is 0 Å². The van der Waals surface area contributed by atoms with E-state index < -0.39 is 7.92 Å². The number of rotatable bonds is 36. The molecule has 0 spiro atoms. The maximum Gasteiger partial charge on any atom is 0.220 e. The van der Waals surface area contributed by atoms with Gasteiger partial charge in [-0.3, -0.25) is 9.59 Å². The number of allylic oxidation sites excluding steroid dienone is 3. The summed E-state index contributed by atoms with van der Waals surface area (Å²) in [5, 5.41) is 6.48. The highest BCUT2D eigenvalue weighted by Gasteiger charge is 2.17. The van der Waals surface area contributed by atoms with Crippen molar-refractivity contribution in [2.45, 2.75) is 168 Å². The molecular formula is C41H78N3O2P. The predicted octanol–water partition coefficient (Wildman–Crippen LogP) is 11.3. The number of carbonyl (C=O) groups excluding carboxylic acids is 2. The van der Waals surface area contributed by atoms with Gasteiger partial charge in [-0.15, -0.1) is 0 Å². The van der Waals surface area contributed by atoms with Gasteiger partial charge in [0, 0.05) is 31.6 Å². The maximum absolute atomic E-state index is 13.1. The SMILES string of the molecule is C=C(CCCCCCCP(CCCCCCCC(=O)NC/C=C\CCCCCC)C(=O)CCCN(C)C)NC/C=C\CCCCCC. The van der Waals surface area contributed by atoms with E-state index in [9.17, 15) is 9.59 Å². The van der Waals surface area contributed by atoms with Crippen LogP contribution in [0.5, 0.6) is 0 Å². The zero-order valence-electron chi connectivity index (χ0n) is 31.7. The van der Waals surface area contributed by atoms with Gasteiger partial charge in [0.1, 0.15) is 0 Å². The highest BCUT2D eigenvalue weighted by Crippen LogP contribution is 2.40. The van der Waals surface area contributed by atoms with Crippen molar-refractivity contribution in [1.29, 1.82) is 0 Å². The Morgan fingerprint density at radius 1 is 0.574 bits per heavy atom. The average molecular weight is 676 g/mol. The second-order valence-corrected chi connectivity index (χ2v) is 16.2.